The second kappa shape index (κ2) is 3.25. The number of halogens is 1. The van der Waals surface area contributed by atoms with Crippen LogP contribution in [-0.2, 0) is 7.05 Å². The first-order chi connectivity index (χ1) is 5.57. The van der Waals surface area contributed by atoms with Crippen molar-refractivity contribution in [3.8, 4) is 0 Å². The highest BCUT2D eigenvalue weighted by atomic mass is 27.1. The van der Waals surface area contributed by atoms with Crippen LogP contribution in [0.2, 0.25) is 0 Å². The van der Waals surface area contributed by atoms with Crippen molar-refractivity contribution in [1.29, 1.82) is 0 Å². The minimum atomic E-state index is -0.583. The molecule has 1 amide bonds. The summed E-state index contributed by atoms with van der Waals surface area (Å²) in [5.41, 5.74) is 0.468. The maximum atomic E-state index is 13.1. The molecule has 0 aliphatic heterocycles. The summed E-state index contributed by atoms with van der Waals surface area (Å²) in [6.45, 7) is 1.61. The number of hydrogen-bond donors (Lipinski definition) is 1. The molecule has 12 heavy (non-hydrogen) atoms. The summed E-state index contributed by atoms with van der Waals surface area (Å²) < 4.78 is 16.7. The van der Waals surface area contributed by atoms with Gasteiger partial charge in [-0.2, -0.15) is 9.49 Å². The van der Waals surface area contributed by atoms with E-state index in [0.717, 1.165) is 4.68 Å². The van der Waals surface area contributed by atoms with E-state index in [-0.39, 0.29) is 11.5 Å². The monoisotopic (exact) mass is 185 g/mol. The fraction of sp³-hybridized carbons (Fsp3) is 0.333. The van der Waals surface area contributed by atoms with Gasteiger partial charge < -0.3 is 4.30 Å². The van der Waals surface area contributed by atoms with Gasteiger partial charge in [-0.15, -0.1) is 0 Å². The zero-order chi connectivity index (χ0) is 9.30. The number of amides is 1. The normalized spacial score (nSPS) is 9.92. The summed E-state index contributed by atoms with van der Waals surface area (Å²) in [5, 5.41) is 3.78. The van der Waals surface area contributed by atoms with Crippen LogP contribution in [-0.4, -0.2) is 32.2 Å². The van der Waals surface area contributed by atoms with E-state index in [9.17, 15) is 9.18 Å². The maximum absolute atomic E-state index is 13.1. The highest BCUT2D eigenvalue weighted by Gasteiger charge is 2.18. The smallest absolute Gasteiger partial charge is 0.364 e. The standard InChI is InChI=1S/C6H8FN3O.Al.2H/c1-3-4(6(8)11)5(7)10(2)9-3;;;/h1-2H3,(H2,8,11);;;/q;+1;;/p-1. The zero-order valence-electron chi connectivity index (χ0n) is 7.18. The van der Waals surface area contributed by atoms with Crippen molar-refractivity contribution in [2.75, 3.05) is 0 Å². The number of aryl methyl sites for hydroxylation is 2. The Kier molecular flexibility index (Phi) is 2.50. The van der Waals surface area contributed by atoms with Gasteiger partial charge >= 0.3 is 16.5 Å². The Hall–Kier alpha value is -0.858. The third-order valence-electron chi connectivity index (χ3n) is 1.61. The fourth-order valence-electron chi connectivity index (χ4n) is 1.01. The van der Waals surface area contributed by atoms with Crippen LogP contribution in [0.4, 0.5) is 4.39 Å². The van der Waals surface area contributed by atoms with Crippen molar-refractivity contribution in [2.24, 2.45) is 7.05 Å². The number of rotatable bonds is 1. The van der Waals surface area contributed by atoms with Gasteiger partial charge in [-0.05, 0) is 6.92 Å². The Morgan fingerprint density at radius 3 is 2.67 bits per heavy atom. The second-order valence-electron chi connectivity index (χ2n) is 2.45. The molecule has 0 fully saturated rings. The first kappa shape index (κ1) is 9.23. The summed E-state index contributed by atoms with van der Waals surface area (Å²) in [7, 11) is 1.46. The fourth-order valence-corrected chi connectivity index (χ4v) is 1.26. The van der Waals surface area contributed by atoms with Gasteiger partial charge in [0, 0.05) is 7.05 Å². The minimum Gasteiger partial charge on any atom is -0.448 e. The van der Waals surface area contributed by atoms with E-state index in [1.807, 2.05) is 0 Å². The van der Waals surface area contributed by atoms with E-state index >= 15 is 0 Å². The first-order valence-electron chi connectivity index (χ1n) is 3.49. The van der Waals surface area contributed by atoms with Crippen LogP contribution < -0.4 is 4.30 Å². The number of carbonyl (C=O) groups excluding carboxylic acids is 1. The van der Waals surface area contributed by atoms with E-state index < -0.39 is 5.95 Å². The lowest BCUT2D eigenvalue weighted by atomic mass is 10.2. The van der Waals surface area contributed by atoms with Gasteiger partial charge in [-0.1, -0.05) is 0 Å². The molecule has 6 heteroatoms. The van der Waals surface area contributed by atoms with Gasteiger partial charge in [0.05, 0.1) is 5.69 Å². The quantitative estimate of drug-likeness (QED) is 0.579. The number of nitrogens with one attached hydrogen (secondary N) is 1. The molecule has 64 valence electrons. The van der Waals surface area contributed by atoms with E-state index in [1.165, 1.54) is 7.05 Å². The topological polar surface area (TPSA) is 46.9 Å². The lowest BCUT2D eigenvalue weighted by Gasteiger charge is -1.96. The average Bonchev–Trinajstić information content (AvgIpc) is 2.26. The van der Waals surface area contributed by atoms with Crippen molar-refractivity contribution in [2.45, 2.75) is 6.92 Å². The molecule has 1 rings (SSSR count). The van der Waals surface area contributed by atoms with Crippen LogP contribution >= 0.6 is 0 Å². The summed E-state index contributed by atoms with van der Waals surface area (Å²) in [6.07, 6.45) is 0. The third-order valence-corrected chi connectivity index (χ3v) is 2.06. The van der Waals surface area contributed by atoms with Gasteiger partial charge in [-0.25, -0.2) is 4.68 Å². The predicted octanol–water partition coefficient (Wildman–Crippen LogP) is -0.854. The summed E-state index contributed by atoms with van der Waals surface area (Å²) in [5.74, 6) is -0.967. The number of nitrogens with zero attached hydrogens (tertiary/aromatic N) is 2. The Morgan fingerprint density at radius 1 is 1.75 bits per heavy atom. The van der Waals surface area contributed by atoms with Crippen LogP contribution in [0.3, 0.4) is 0 Å². The van der Waals surface area contributed by atoms with Gasteiger partial charge in [-0.3, -0.25) is 4.79 Å². The molecule has 1 N–H and O–H groups in total. The first-order valence-corrected chi connectivity index (χ1v) is 4.49. The van der Waals surface area contributed by atoms with Crippen LogP contribution in [0.5, 0.6) is 0 Å². The molecule has 1 aromatic rings. The van der Waals surface area contributed by atoms with Crippen LogP contribution in [0.1, 0.15) is 16.1 Å². The van der Waals surface area contributed by atoms with Crippen molar-refractivity contribution in [1.82, 2.24) is 14.1 Å². The number of aromatic nitrogens is 2. The molecule has 0 aromatic carbocycles. The van der Waals surface area contributed by atoms with Crippen molar-refractivity contribution in [3.05, 3.63) is 17.2 Å². The van der Waals surface area contributed by atoms with E-state index in [1.54, 1.807) is 6.92 Å². The SMILES string of the molecule is Cc1nn(C)c(F)c1C(=O)[NH][AlH2]. The largest absolute Gasteiger partial charge is 0.448 e. The molecule has 0 aliphatic rings. The van der Waals surface area contributed by atoms with Crippen LogP contribution in [0.15, 0.2) is 0 Å². The molecule has 0 unspecified atom stereocenters. The van der Waals surface area contributed by atoms with Gasteiger partial charge in [0.2, 0.25) is 11.9 Å². The Bertz CT molecular complexity index is 323. The van der Waals surface area contributed by atoms with E-state index in [2.05, 4.69) is 9.40 Å². The highest BCUT2D eigenvalue weighted by molar-refractivity contribution is 6.18. The number of carbonyl (C=O) groups is 1. The Labute approximate surface area is 77.4 Å². The molecule has 0 aliphatic carbocycles. The Balaban J connectivity index is 3.22. The van der Waals surface area contributed by atoms with Gasteiger partial charge in [0.15, 0.2) is 0 Å². The van der Waals surface area contributed by atoms with Gasteiger partial charge in [0.1, 0.15) is 5.56 Å². The van der Waals surface area contributed by atoms with Crippen molar-refractivity contribution >= 4 is 22.4 Å². The highest BCUT2D eigenvalue weighted by Crippen LogP contribution is 2.09. The molecule has 1 heterocycles. The van der Waals surface area contributed by atoms with E-state index in [0.29, 0.717) is 22.2 Å². The molecular weight excluding hydrogens is 176 g/mol. The third kappa shape index (κ3) is 1.36. The molecule has 4 nitrogen and oxygen atoms in total. The van der Waals surface area contributed by atoms with E-state index in [4.69, 9.17) is 0 Å². The number of hydrogen-bond acceptors (Lipinski definition) is 2. The van der Waals surface area contributed by atoms with Gasteiger partial charge in [0.25, 0.3) is 0 Å². The maximum Gasteiger partial charge on any atom is 0.364 e. The zero-order valence-corrected chi connectivity index (χ0v) is 9.18. The average molecular weight is 185 g/mol. The van der Waals surface area contributed by atoms with Crippen LogP contribution in [0.25, 0.3) is 0 Å². The van der Waals surface area contributed by atoms with Crippen molar-refractivity contribution < 1.29 is 9.18 Å². The summed E-state index contributed by atoms with van der Waals surface area (Å²) in [6, 6.07) is 0. The Morgan fingerprint density at radius 2 is 2.33 bits per heavy atom. The second-order valence-corrected chi connectivity index (χ2v) is 2.95. The predicted molar refractivity (Wildman–Crippen MR) is 43.9 cm³/mol. The lowest BCUT2D eigenvalue weighted by Crippen LogP contribution is -2.21. The summed E-state index contributed by atoms with van der Waals surface area (Å²) >= 11 is 0.509. The van der Waals surface area contributed by atoms with Crippen LogP contribution in [0, 0.1) is 12.9 Å². The minimum absolute atomic E-state index is 0.0486. The van der Waals surface area contributed by atoms with Crippen molar-refractivity contribution in [3.63, 3.8) is 0 Å². The molecule has 0 atom stereocenters. The molecular formula is C6H9AlFN3O. The molecule has 0 saturated heterocycles. The molecule has 0 saturated carbocycles. The molecule has 0 spiro atoms. The lowest BCUT2D eigenvalue weighted by molar-refractivity contribution is 0.0976. The molecule has 0 bridgehead atoms. The summed E-state index contributed by atoms with van der Waals surface area (Å²) in [4.78, 5) is 11.1. The molecule has 1 aromatic heterocycles. The molecule has 0 radical (unpaired) electrons.